The molecule has 0 fully saturated rings. The molecule has 3 nitrogen and oxygen atoms in total. The molecular weight excluding hydrogens is 378 g/mol. The van der Waals surface area contributed by atoms with E-state index in [4.69, 9.17) is 14.5 Å². The zero-order valence-electron chi connectivity index (χ0n) is 15.8. The van der Waals surface area contributed by atoms with Crippen LogP contribution in [0.5, 0.6) is 0 Å². The fourth-order valence-electron chi connectivity index (χ4n) is 3.41. The van der Waals surface area contributed by atoms with Gasteiger partial charge in [0.2, 0.25) is 6.29 Å². The molecule has 5 rings (SSSR count). The highest BCUT2D eigenvalue weighted by atomic mass is 32.1. The Morgan fingerprint density at radius 1 is 1.00 bits per heavy atom. The largest absolute Gasteiger partial charge is 0.458 e. The molecule has 0 amide bonds. The predicted octanol–water partition coefficient (Wildman–Crippen LogP) is 5.89. The maximum absolute atomic E-state index is 6.30. The third-order valence-electron chi connectivity index (χ3n) is 4.80. The molecular formula is C25H17NO2S. The number of allylic oxidation sites excluding steroid dienone is 1. The normalized spacial score (nSPS) is 15.4. The van der Waals surface area contributed by atoms with Gasteiger partial charge in [-0.2, -0.15) is 11.3 Å². The summed E-state index contributed by atoms with van der Waals surface area (Å²) in [7, 11) is 1.65. The molecule has 0 bridgehead atoms. The van der Waals surface area contributed by atoms with Crippen molar-refractivity contribution in [2.24, 2.45) is 0 Å². The topological polar surface area (TPSA) is 31.4 Å². The number of hydrogen-bond acceptors (Lipinski definition) is 4. The van der Waals surface area contributed by atoms with Gasteiger partial charge in [-0.3, -0.25) is 0 Å². The number of thiophene rings is 1. The van der Waals surface area contributed by atoms with E-state index < -0.39 is 6.29 Å². The molecule has 1 aliphatic heterocycles. The van der Waals surface area contributed by atoms with Crippen LogP contribution >= 0.6 is 11.3 Å². The summed E-state index contributed by atoms with van der Waals surface area (Å²) in [6, 6.07) is 22.1. The van der Waals surface area contributed by atoms with Crippen molar-refractivity contribution < 1.29 is 9.47 Å². The van der Waals surface area contributed by atoms with Crippen LogP contribution < -0.4 is 0 Å². The Balaban J connectivity index is 1.79. The van der Waals surface area contributed by atoms with Crippen LogP contribution in [0.25, 0.3) is 22.2 Å². The molecule has 3 heterocycles. The molecule has 29 heavy (non-hydrogen) atoms. The highest BCUT2D eigenvalue weighted by molar-refractivity contribution is 7.08. The summed E-state index contributed by atoms with van der Waals surface area (Å²) in [5.41, 5.74) is 5.32. The smallest absolute Gasteiger partial charge is 0.228 e. The minimum atomic E-state index is -0.538. The number of aromatic nitrogens is 1. The van der Waals surface area contributed by atoms with E-state index in [0.29, 0.717) is 5.76 Å². The van der Waals surface area contributed by atoms with Gasteiger partial charge >= 0.3 is 0 Å². The molecule has 0 radical (unpaired) electrons. The lowest BCUT2D eigenvalue weighted by atomic mass is 9.97. The molecule has 0 N–H and O–H groups in total. The average molecular weight is 395 g/mol. The van der Waals surface area contributed by atoms with Gasteiger partial charge in [0.25, 0.3) is 0 Å². The van der Waals surface area contributed by atoms with E-state index >= 15 is 0 Å². The maximum Gasteiger partial charge on any atom is 0.228 e. The number of para-hydroxylation sites is 1. The molecule has 1 atom stereocenters. The first-order valence-electron chi connectivity index (χ1n) is 9.27. The summed E-state index contributed by atoms with van der Waals surface area (Å²) >= 11 is 1.63. The van der Waals surface area contributed by atoms with E-state index in [1.54, 1.807) is 18.4 Å². The Hall–Kier alpha value is -3.39. The van der Waals surface area contributed by atoms with Crippen molar-refractivity contribution in [1.82, 2.24) is 4.98 Å². The molecule has 0 saturated carbocycles. The van der Waals surface area contributed by atoms with Crippen molar-refractivity contribution in [3.8, 4) is 11.8 Å². The zero-order chi connectivity index (χ0) is 19.6. The lowest BCUT2D eigenvalue weighted by Crippen LogP contribution is -2.16. The summed E-state index contributed by atoms with van der Waals surface area (Å²) in [5.74, 6) is 7.28. The highest BCUT2D eigenvalue weighted by Gasteiger charge is 2.30. The van der Waals surface area contributed by atoms with E-state index in [2.05, 4.69) is 17.9 Å². The minimum Gasteiger partial charge on any atom is -0.458 e. The van der Waals surface area contributed by atoms with Gasteiger partial charge in [0.05, 0.1) is 16.8 Å². The van der Waals surface area contributed by atoms with E-state index in [1.807, 2.05) is 71.4 Å². The first-order chi connectivity index (χ1) is 14.3. The van der Waals surface area contributed by atoms with Crippen LogP contribution in [0.3, 0.4) is 0 Å². The predicted molar refractivity (Wildman–Crippen MR) is 117 cm³/mol. The summed E-state index contributed by atoms with van der Waals surface area (Å²) < 4.78 is 12.0. The third kappa shape index (κ3) is 3.31. The van der Waals surface area contributed by atoms with Gasteiger partial charge in [-0.15, -0.1) is 0 Å². The lowest BCUT2D eigenvalue weighted by molar-refractivity contribution is -0.0770. The van der Waals surface area contributed by atoms with Crippen molar-refractivity contribution in [3.05, 3.63) is 99.9 Å². The number of pyridine rings is 1. The maximum atomic E-state index is 6.30. The summed E-state index contributed by atoms with van der Waals surface area (Å²) in [6.45, 7) is 0. The van der Waals surface area contributed by atoms with Crippen LogP contribution in [-0.2, 0) is 9.47 Å². The first kappa shape index (κ1) is 17.7. The molecule has 4 heteroatoms. The number of fused-ring (bicyclic) bond motifs is 2. The Morgan fingerprint density at radius 3 is 2.62 bits per heavy atom. The molecule has 1 unspecified atom stereocenters. The molecule has 2 aromatic heterocycles. The monoisotopic (exact) mass is 395 g/mol. The number of rotatable bonds is 2. The minimum absolute atomic E-state index is 0.538. The van der Waals surface area contributed by atoms with Crippen LogP contribution in [-0.4, -0.2) is 12.1 Å². The SMILES string of the molecule is COC1OC(c2ccccc2)=C(C#Cc2ccsc2)c2nc3ccccc3cc21. The second-order valence-corrected chi connectivity index (χ2v) is 7.42. The van der Waals surface area contributed by atoms with Gasteiger partial charge in [0.1, 0.15) is 5.76 Å². The average Bonchev–Trinajstić information content (AvgIpc) is 3.30. The fourth-order valence-corrected chi connectivity index (χ4v) is 4.00. The number of ether oxygens (including phenoxy) is 2. The molecule has 140 valence electrons. The van der Waals surface area contributed by atoms with Crippen LogP contribution in [0.4, 0.5) is 0 Å². The van der Waals surface area contributed by atoms with Crippen molar-refractivity contribution in [3.63, 3.8) is 0 Å². The van der Waals surface area contributed by atoms with E-state index in [1.165, 1.54) is 0 Å². The van der Waals surface area contributed by atoms with Gasteiger partial charge in [-0.1, -0.05) is 60.4 Å². The van der Waals surface area contributed by atoms with E-state index in [0.717, 1.165) is 38.9 Å². The highest BCUT2D eigenvalue weighted by Crippen LogP contribution is 2.41. The molecule has 1 aliphatic rings. The van der Waals surface area contributed by atoms with Gasteiger partial charge in [-0.25, -0.2) is 4.98 Å². The lowest BCUT2D eigenvalue weighted by Gasteiger charge is -2.28. The molecule has 0 saturated heterocycles. The van der Waals surface area contributed by atoms with Crippen molar-refractivity contribution in [1.29, 1.82) is 0 Å². The molecule has 0 aliphatic carbocycles. The van der Waals surface area contributed by atoms with E-state index in [-0.39, 0.29) is 0 Å². The Labute approximate surface area is 173 Å². The summed E-state index contributed by atoms with van der Waals surface area (Å²) in [4.78, 5) is 4.95. The van der Waals surface area contributed by atoms with Crippen LogP contribution in [0.1, 0.15) is 28.7 Å². The zero-order valence-corrected chi connectivity index (χ0v) is 16.6. The van der Waals surface area contributed by atoms with Gasteiger partial charge in [0, 0.05) is 34.6 Å². The van der Waals surface area contributed by atoms with Gasteiger partial charge in [0.15, 0.2) is 0 Å². The summed E-state index contributed by atoms with van der Waals surface area (Å²) in [5, 5.41) is 5.10. The Morgan fingerprint density at radius 2 is 1.83 bits per heavy atom. The number of nitrogens with zero attached hydrogens (tertiary/aromatic N) is 1. The van der Waals surface area contributed by atoms with Crippen LogP contribution in [0.15, 0.2) is 77.5 Å². The second-order valence-electron chi connectivity index (χ2n) is 6.64. The van der Waals surface area contributed by atoms with Crippen molar-refractivity contribution >= 4 is 33.6 Å². The number of methoxy groups -OCH3 is 1. The van der Waals surface area contributed by atoms with E-state index in [9.17, 15) is 0 Å². The number of hydrogen-bond donors (Lipinski definition) is 0. The first-order valence-corrected chi connectivity index (χ1v) is 10.2. The Bertz CT molecular complexity index is 1260. The molecule has 4 aromatic rings. The summed E-state index contributed by atoms with van der Waals surface area (Å²) in [6.07, 6.45) is -0.538. The standard InChI is InChI=1S/C25H17NO2S/c1-27-25-21-15-19-9-5-6-10-22(19)26-23(21)20(12-11-17-13-14-29-16-17)24(28-25)18-7-3-2-4-8-18/h2-10,13-16,25H,1H3. The van der Waals surface area contributed by atoms with Gasteiger partial charge < -0.3 is 9.47 Å². The fraction of sp³-hybridized carbons (Fsp3) is 0.0800. The van der Waals surface area contributed by atoms with Crippen molar-refractivity contribution in [2.45, 2.75) is 6.29 Å². The quantitative estimate of drug-likeness (QED) is 0.397. The van der Waals surface area contributed by atoms with Crippen molar-refractivity contribution in [2.75, 3.05) is 7.11 Å². The second kappa shape index (κ2) is 7.56. The van der Waals surface area contributed by atoms with Crippen LogP contribution in [0.2, 0.25) is 0 Å². The molecule has 2 aromatic carbocycles. The van der Waals surface area contributed by atoms with Crippen LogP contribution in [0, 0.1) is 11.8 Å². The third-order valence-corrected chi connectivity index (χ3v) is 5.48. The molecule has 0 spiro atoms. The van der Waals surface area contributed by atoms with Gasteiger partial charge in [-0.05, 0) is 23.6 Å². The Kier molecular flexibility index (Phi) is 4.61. The number of benzene rings is 2.